The van der Waals surface area contributed by atoms with E-state index in [0.29, 0.717) is 6.54 Å². The zero-order valence-corrected chi connectivity index (χ0v) is 9.21. The van der Waals surface area contributed by atoms with E-state index in [1.165, 1.54) is 6.34 Å². The first-order valence-electron chi connectivity index (χ1n) is 5.04. The lowest BCUT2D eigenvalue weighted by molar-refractivity contribution is 1.01. The minimum atomic E-state index is 0.715. The molecule has 1 heterocycles. The maximum Gasteiger partial charge on any atom is 0.109 e. The molecule has 0 bridgehead atoms. The lowest BCUT2D eigenvalue weighted by Gasteiger charge is -1.91. The van der Waals surface area contributed by atoms with Gasteiger partial charge in [-0.15, -0.1) is 0 Å². The van der Waals surface area contributed by atoms with Crippen LogP contribution in [0.1, 0.15) is 6.42 Å². The predicted octanol–water partition coefficient (Wildman–Crippen LogP) is 2.74. The molecule has 0 unspecified atom stereocenters. The third-order valence-corrected chi connectivity index (χ3v) is 1.76. The normalized spacial score (nSPS) is 27.8. The molecule has 0 aromatic carbocycles. The van der Waals surface area contributed by atoms with Gasteiger partial charge in [0.2, 0.25) is 0 Å². The molecule has 0 saturated heterocycles. The van der Waals surface area contributed by atoms with E-state index in [9.17, 15) is 0 Å². The van der Waals surface area contributed by atoms with Crippen LogP contribution in [0.5, 0.6) is 0 Å². The van der Waals surface area contributed by atoms with Crippen LogP contribution in [0.3, 0.4) is 0 Å². The van der Waals surface area contributed by atoms with Crippen LogP contribution in [0, 0.1) is 0 Å². The minimum absolute atomic E-state index is 0.715. The van der Waals surface area contributed by atoms with Crippen molar-refractivity contribution in [1.29, 1.82) is 0 Å². The first-order valence-corrected chi connectivity index (χ1v) is 5.04. The molecular weight excluding hydrogens is 198 g/mol. The van der Waals surface area contributed by atoms with Crippen molar-refractivity contribution in [2.45, 2.75) is 6.42 Å². The molecule has 82 valence electrons. The lowest BCUT2D eigenvalue weighted by atomic mass is 10.2. The molecule has 0 N–H and O–H groups in total. The fraction of sp³-hybridized carbons (Fsp3) is 0.154. The average molecular weight is 213 g/mol. The molecule has 0 aliphatic carbocycles. The number of aliphatic imine (C=N–C) groups is 3. The van der Waals surface area contributed by atoms with Crippen molar-refractivity contribution < 1.29 is 0 Å². The van der Waals surface area contributed by atoms with Crippen molar-refractivity contribution in [3.05, 3.63) is 48.7 Å². The van der Waals surface area contributed by atoms with Gasteiger partial charge in [0.15, 0.2) is 0 Å². The van der Waals surface area contributed by atoms with E-state index < -0.39 is 0 Å². The second-order valence-corrected chi connectivity index (χ2v) is 3.23. The van der Waals surface area contributed by atoms with E-state index in [1.807, 2.05) is 18.2 Å². The molecule has 1 aliphatic rings. The number of hydrogen-bond acceptors (Lipinski definition) is 3. The van der Waals surface area contributed by atoms with Gasteiger partial charge in [-0.3, -0.25) is 9.98 Å². The van der Waals surface area contributed by atoms with Crippen molar-refractivity contribution in [2.24, 2.45) is 15.0 Å². The van der Waals surface area contributed by atoms with E-state index in [0.717, 1.165) is 17.6 Å². The Morgan fingerprint density at radius 1 is 1.00 bits per heavy atom. The van der Waals surface area contributed by atoms with Crippen molar-refractivity contribution in [1.82, 2.24) is 0 Å². The summed E-state index contributed by atoms with van der Waals surface area (Å²) in [5.74, 6) is 0. The Bertz CT molecular complexity index is 357. The van der Waals surface area contributed by atoms with E-state index in [4.69, 9.17) is 0 Å². The largest absolute Gasteiger partial charge is 0.273 e. The van der Waals surface area contributed by atoms with Crippen molar-refractivity contribution in [3.63, 3.8) is 0 Å². The van der Waals surface area contributed by atoms with Gasteiger partial charge in [-0.25, -0.2) is 4.99 Å². The van der Waals surface area contributed by atoms with Crippen molar-refractivity contribution in [3.8, 4) is 0 Å². The molecule has 3 heteroatoms. The van der Waals surface area contributed by atoms with E-state index in [-0.39, 0.29) is 0 Å². The molecule has 0 amide bonds. The molecule has 1 rings (SSSR count). The van der Waals surface area contributed by atoms with Gasteiger partial charge in [0.1, 0.15) is 6.34 Å². The summed E-state index contributed by atoms with van der Waals surface area (Å²) in [6.45, 7) is 8.37. The summed E-state index contributed by atoms with van der Waals surface area (Å²) in [6.07, 6.45) is 13.1. The summed E-state index contributed by atoms with van der Waals surface area (Å²) in [6, 6.07) is 0. The Hall–Kier alpha value is -2.03. The quantitative estimate of drug-likeness (QED) is 0.593. The maximum atomic E-state index is 4.10. The Kier molecular flexibility index (Phi) is 5.48. The molecule has 0 atom stereocenters. The molecule has 0 aromatic rings. The second-order valence-electron chi connectivity index (χ2n) is 3.23. The first-order chi connectivity index (χ1) is 7.79. The van der Waals surface area contributed by atoms with Crippen LogP contribution in [0.15, 0.2) is 63.7 Å². The SMILES string of the molecule is C=C1/C=C\C(=C)/C=N\C=N/CC/C=C\N=C/1. The summed E-state index contributed by atoms with van der Waals surface area (Å²) < 4.78 is 0. The summed E-state index contributed by atoms with van der Waals surface area (Å²) in [5, 5.41) is 0. The highest BCUT2D eigenvalue weighted by Crippen LogP contribution is 1.95. The van der Waals surface area contributed by atoms with E-state index >= 15 is 0 Å². The number of nitrogens with zero attached hydrogens (tertiary/aromatic N) is 3. The van der Waals surface area contributed by atoms with Crippen LogP contribution in [-0.2, 0) is 0 Å². The van der Waals surface area contributed by atoms with Gasteiger partial charge < -0.3 is 0 Å². The lowest BCUT2D eigenvalue weighted by Crippen LogP contribution is -1.83. The Balaban J connectivity index is 2.75. The van der Waals surface area contributed by atoms with Crippen LogP contribution in [0.4, 0.5) is 0 Å². The zero-order chi connectivity index (χ0) is 11.6. The first kappa shape index (κ1) is 12.0. The van der Waals surface area contributed by atoms with Crippen LogP contribution in [-0.4, -0.2) is 25.3 Å². The van der Waals surface area contributed by atoms with Gasteiger partial charge in [0.25, 0.3) is 0 Å². The van der Waals surface area contributed by atoms with Crippen LogP contribution in [0.2, 0.25) is 0 Å². The molecule has 0 fully saturated rings. The molecular formula is C13H15N3. The van der Waals surface area contributed by atoms with Crippen molar-refractivity contribution in [2.75, 3.05) is 6.54 Å². The Morgan fingerprint density at radius 2 is 1.69 bits per heavy atom. The summed E-state index contributed by atoms with van der Waals surface area (Å²) in [7, 11) is 0. The fourth-order valence-corrected chi connectivity index (χ4v) is 0.957. The summed E-state index contributed by atoms with van der Waals surface area (Å²) in [5.41, 5.74) is 1.62. The molecule has 1 aliphatic heterocycles. The third-order valence-electron chi connectivity index (χ3n) is 1.76. The summed E-state index contributed by atoms with van der Waals surface area (Å²) in [4.78, 5) is 12.2. The highest BCUT2D eigenvalue weighted by atomic mass is 14.8. The molecule has 0 radical (unpaired) electrons. The van der Waals surface area contributed by atoms with Gasteiger partial charge in [-0.05, 0) is 17.6 Å². The number of rotatable bonds is 0. The molecule has 0 spiro atoms. The monoisotopic (exact) mass is 213 g/mol. The third kappa shape index (κ3) is 5.65. The second kappa shape index (κ2) is 7.29. The Morgan fingerprint density at radius 3 is 2.44 bits per heavy atom. The highest BCUT2D eigenvalue weighted by Gasteiger charge is 1.84. The van der Waals surface area contributed by atoms with Crippen molar-refractivity contribution >= 4 is 18.8 Å². The van der Waals surface area contributed by atoms with Gasteiger partial charge in [0.05, 0.1) is 0 Å². The molecule has 0 saturated carbocycles. The van der Waals surface area contributed by atoms with Crippen LogP contribution >= 0.6 is 0 Å². The Labute approximate surface area is 96.0 Å². The number of hydrogen-bond donors (Lipinski definition) is 0. The maximum absolute atomic E-state index is 4.10. The smallest absolute Gasteiger partial charge is 0.109 e. The predicted molar refractivity (Wildman–Crippen MR) is 71.5 cm³/mol. The highest BCUT2D eigenvalue weighted by molar-refractivity contribution is 5.88. The minimum Gasteiger partial charge on any atom is -0.273 e. The molecule has 0 aromatic heterocycles. The average Bonchev–Trinajstić information content (AvgIpc) is 2.28. The van der Waals surface area contributed by atoms with Gasteiger partial charge in [-0.2, -0.15) is 0 Å². The molecule has 16 heavy (non-hydrogen) atoms. The van der Waals surface area contributed by atoms with Gasteiger partial charge in [-0.1, -0.05) is 31.4 Å². The number of allylic oxidation sites excluding steroid dienone is 4. The van der Waals surface area contributed by atoms with Crippen LogP contribution < -0.4 is 0 Å². The van der Waals surface area contributed by atoms with E-state index in [1.54, 1.807) is 18.6 Å². The summed E-state index contributed by atoms with van der Waals surface area (Å²) >= 11 is 0. The standard InChI is InChI=1S/C13H15N3/c1-12-5-6-13(2)10-16-11-15-8-4-3-7-14-9-12/h3,5-7,9-11H,1-2,4,8H2/b6-5-,7-3-,14-9-,15-11-,16-10-. The van der Waals surface area contributed by atoms with Gasteiger partial charge >= 0.3 is 0 Å². The molecule has 3 nitrogen and oxygen atoms in total. The topological polar surface area (TPSA) is 37.1 Å². The van der Waals surface area contributed by atoms with E-state index in [2.05, 4.69) is 28.1 Å². The van der Waals surface area contributed by atoms with Gasteiger partial charge in [0, 0.05) is 25.2 Å². The fourth-order valence-electron chi connectivity index (χ4n) is 0.957. The van der Waals surface area contributed by atoms with Crippen LogP contribution in [0.25, 0.3) is 0 Å². The zero-order valence-electron chi connectivity index (χ0n) is 9.21.